The zero-order valence-electron chi connectivity index (χ0n) is 13.2. The first kappa shape index (κ1) is 17.6. The second-order valence-corrected chi connectivity index (χ2v) is 4.97. The van der Waals surface area contributed by atoms with Crippen LogP contribution in [0.1, 0.15) is 20.7 Å². The maximum absolute atomic E-state index is 12.2. The van der Waals surface area contributed by atoms with Gasteiger partial charge in [-0.25, -0.2) is 0 Å². The molecule has 2 rings (SSSR count). The van der Waals surface area contributed by atoms with Gasteiger partial charge in [0.2, 0.25) is 5.78 Å². The van der Waals surface area contributed by atoms with E-state index in [1.54, 1.807) is 60.7 Å². The molecule has 0 unspecified atom stereocenters. The number of rotatable bonds is 6. The first-order chi connectivity index (χ1) is 12.2. The van der Waals surface area contributed by atoms with E-state index in [0.717, 1.165) is 0 Å². The molecule has 25 heavy (non-hydrogen) atoms. The lowest BCUT2D eigenvalue weighted by Crippen LogP contribution is -2.02. The normalized spacial score (nSPS) is 10.8. The van der Waals surface area contributed by atoms with Crippen molar-refractivity contribution in [2.45, 2.75) is 0 Å². The second-order valence-electron chi connectivity index (χ2n) is 4.97. The number of carbonyl (C=O) groups excluding carboxylic acids is 2. The first-order valence-corrected chi connectivity index (χ1v) is 7.42. The molecule has 0 aliphatic carbocycles. The number of carbonyl (C=O) groups is 2. The molecule has 120 valence electrons. The zero-order chi connectivity index (χ0) is 18.1. The van der Waals surface area contributed by atoms with Crippen LogP contribution in [-0.4, -0.2) is 17.4 Å². The van der Waals surface area contributed by atoms with E-state index in [9.17, 15) is 9.59 Å². The van der Waals surface area contributed by atoms with E-state index < -0.39 is 11.6 Å². The van der Waals surface area contributed by atoms with Gasteiger partial charge in [0.05, 0.1) is 5.57 Å². The summed E-state index contributed by atoms with van der Waals surface area (Å²) in [6.07, 6.45) is 3.95. The van der Waals surface area contributed by atoms with Crippen LogP contribution < -0.4 is 0 Å². The molecular weight excluding hydrogens is 312 g/mol. The highest BCUT2D eigenvalue weighted by Crippen LogP contribution is 2.10. The predicted octanol–water partition coefficient (Wildman–Crippen LogP) is 3.92. The number of ketones is 2. The molecule has 4 nitrogen and oxygen atoms in total. The molecule has 2 aromatic rings. The highest BCUT2D eigenvalue weighted by atomic mass is 16.1. The van der Waals surface area contributed by atoms with Crippen LogP contribution >= 0.6 is 0 Å². The molecule has 0 bridgehead atoms. The van der Waals surface area contributed by atoms with Crippen LogP contribution in [0.3, 0.4) is 0 Å². The van der Waals surface area contributed by atoms with Crippen LogP contribution in [0.4, 0.5) is 0 Å². The molecule has 0 aliphatic rings. The van der Waals surface area contributed by atoms with E-state index in [4.69, 9.17) is 10.7 Å². The summed E-state index contributed by atoms with van der Waals surface area (Å²) < 4.78 is 0. The molecule has 0 aliphatic heterocycles. The van der Waals surface area contributed by atoms with E-state index in [2.05, 4.69) is 0 Å². The molecule has 0 aromatic heterocycles. The maximum atomic E-state index is 12.2. The van der Waals surface area contributed by atoms with Crippen molar-refractivity contribution in [1.29, 1.82) is 5.26 Å². The van der Waals surface area contributed by atoms with Gasteiger partial charge in [-0.15, -0.1) is 0 Å². The Bertz CT molecular complexity index is 927. The summed E-state index contributed by atoms with van der Waals surface area (Å²) in [5.74, 6) is 1.00. The molecule has 4 heteroatoms. The van der Waals surface area contributed by atoms with Crippen molar-refractivity contribution in [1.82, 2.24) is 0 Å². The molecule has 0 radical (unpaired) electrons. The Labute approximate surface area is 145 Å². The van der Waals surface area contributed by atoms with Crippen LogP contribution in [0.15, 0.2) is 90.0 Å². The summed E-state index contributed by atoms with van der Waals surface area (Å²) in [6.45, 7) is 0. The standard InChI is InChI=1S/C21H13N2O2/c22-14-18(20(24)16-8-3-1-4-9-16)12-7-13-19(15-23)21(25)17-10-5-2-6-11-17/h1-13H/q-1/b12-7+,19-13+. The van der Waals surface area contributed by atoms with E-state index in [1.807, 2.05) is 11.9 Å². The number of Topliss-reactive ketones (excluding diaryl/α,β-unsaturated/α-hetero) is 2. The third kappa shape index (κ3) is 4.59. The Hall–Kier alpha value is -3.80. The fourth-order valence-corrected chi connectivity index (χ4v) is 2.06. The zero-order valence-corrected chi connectivity index (χ0v) is 13.2. The number of nitriles is 1. The predicted molar refractivity (Wildman–Crippen MR) is 96.3 cm³/mol. The minimum absolute atomic E-state index is 0.0769. The van der Waals surface area contributed by atoms with Crippen molar-refractivity contribution >= 4 is 17.4 Å². The average molecular weight is 325 g/mol. The molecule has 0 spiro atoms. The van der Waals surface area contributed by atoms with E-state index in [0.29, 0.717) is 11.1 Å². The Balaban J connectivity index is 2.20. The summed E-state index contributed by atoms with van der Waals surface area (Å²) in [5.41, 5.74) is 0.640. The van der Waals surface area contributed by atoms with Crippen molar-refractivity contribution < 1.29 is 9.59 Å². The van der Waals surface area contributed by atoms with Gasteiger partial charge in [-0.2, -0.15) is 5.26 Å². The lowest BCUT2D eigenvalue weighted by atomic mass is 10.0. The largest absolute Gasteiger partial charge is 0.763 e. The lowest BCUT2D eigenvalue weighted by molar-refractivity contribution is 0.103. The van der Waals surface area contributed by atoms with Crippen LogP contribution in [-0.2, 0) is 0 Å². The third-order valence-electron chi connectivity index (χ3n) is 3.33. The fourth-order valence-electron chi connectivity index (χ4n) is 2.06. The maximum Gasteiger partial charge on any atom is 0.203 e. The van der Waals surface area contributed by atoms with Gasteiger partial charge < -0.3 is 5.41 Å². The van der Waals surface area contributed by atoms with E-state index in [1.165, 1.54) is 18.2 Å². The van der Waals surface area contributed by atoms with Gasteiger partial charge in [0.1, 0.15) is 6.07 Å². The molecule has 0 amide bonds. The molecule has 0 N–H and O–H groups in total. The molecule has 0 heterocycles. The summed E-state index contributed by atoms with van der Waals surface area (Å²) in [4.78, 5) is 24.4. The van der Waals surface area contributed by atoms with Crippen LogP contribution in [0.25, 0.3) is 5.41 Å². The van der Waals surface area contributed by atoms with Gasteiger partial charge in [0.15, 0.2) is 5.78 Å². The van der Waals surface area contributed by atoms with Crippen LogP contribution in [0.5, 0.6) is 0 Å². The van der Waals surface area contributed by atoms with E-state index in [-0.39, 0.29) is 11.1 Å². The second kappa shape index (κ2) is 8.73. The number of hydrogen-bond donors (Lipinski definition) is 0. The quantitative estimate of drug-likeness (QED) is 0.265. The highest BCUT2D eigenvalue weighted by Gasteiger charge is 2.11. The van der Waals surface area contributed by atoms with E-state index >= 15 is 0 Å². The van der Waals surface area contributed by atoms with Gasteiger partial charge in [0.25, 0.3) is 0 Å². The Kier molecular flexibility index (Phi) is 6.13. The molecule has 0 saturated carbocycles. The van der Waals surface area contributed by atoms with Gasteiger partial charge in [0, 0.05) is 16.7 Å². The number of hydrogen-bond acceptors (Lipinski definition) is 3. The number of nitrogens with zero attached hydrogens (tertiary/aromatic N) is 2. The summed E-state index contributed by atoms with van der Waals surface area (Å²) in [7, 11) is 0. The Morgan fingerprint density at radius 2 is 1.40 bits per heavy atom. The average Bonchev–Trinajstić information content (AvgIpc) is 2.68. The summed E-state index contributed by atoms with van der Waals surface area (Å²) >= 11 is 0. The molecule has 2 aromatic carbocycles. The Morgan fingerprint density at radius 1 is 0.880 bits per heavy atom. The molecular formula is C21H13N2O2-. The number of allylic oxidation sites excluding steroid dienone is 5. The van der Waals surface area contributed by atoms with Crippen molar-refractivity contribution in [2.75, 3.05) is 0 Å². The molecule has 0 fully saturated rings. The van der Waals surface area contributed by atoms with Gasteiger partial charge >= 0.3 is 0 Å². The van der Waals surface area contributed by atoms with Crippen molar-refractivity contribution in [2.24, 2.45) is 0 Å². The topological polar surface area (TPSA) is 80.2 Å². The summed E-state index contributed by atoms with van der Waals surface area (Å²) in [6, 6.07) is 18.7. The lowest BCUT2D eigenvalue weighted by Gasteiger charge is -2.00. The highest BCUT2D eigenvalue weighted by molar-refractivity contribution is 6.16. The monoisotopic (exact) mass is 325 g/mol. The number of benzene rings is 2. The first-order valence-electron chi connectivity index (χ1n) is 7.42. The fraction of sp³-hybridized carbons (Fsp3) is 0. The smallest absolute Gasteiger partial charge is 0.203 e. The van der Waals surface area contributed by atoms with Crippen molar-refractivity contribution in [3.63, 3.8) is 0 Å². The van der Waals surface area contributed by atoms with Crippen molar-refractivity contribution in [3.05, 3.63) is 107 Å². The van der Waals surface area contributed by atoms with Gasteiger partial charge in [-0.1, -0.05) is 66.7 Å². The minimum atomic E-state index is -0.416. The van der Waals surface area contributed by atoms with Gasteiger partial charge in [-0.05, 0) is 12.2 Å². The van der Waals surface area contributed by atoms with Gasteiger partial charge in [-0.3, -0.25) is 15.5 Å². The van der Waals surface area contributed by atoms with Crippen molar-refractivity contribution in [3.8, 4) is 6.07 Å². The van der Waals surface area contributed by atoms with Crippen LogP contribution in [0, 0.1) is 11.3 Å². The minimum Gasteiger partial charge on any atom is -0.763 e. The molecule has 0 atom stereocenters. The molecule has 0 saturated heterocycles. The summed E-state index contributed by atoms with van der Waals surface area (Å²) in [5, 5.41) is 18.3. The van der Waals surface area contributed by atoms with Crippen LogP contribution in [0.2, 0.25) is 0 Å². The Morgan fingerprint density at radius 3 is 1.88 bits per heavy atom. The third-order valence-corrected chi connectivity index (χ3v) is 3.33. The SMILES string of the molecule is N#C/C(=C\C=C\C(=C=[N-])C(=O)c1ccccc1)C(=O)c1ccccc1.